The third kappa shape index (κ3) is 8.47. The molecule has 0 fully saturated rings. The van der Waals surface area contributed by atoms with Crippen LogP contribution in [-0.2, 0) is 30.8 Å². The molecule has 0 atom stereocenters. The number of hydrogen-bond acceptors (Lipinski definition) is 5. The van der Waals surface area contributed by atoms with Crippen LogP contribution in [0.5, 0.6) is 0 Å². The van der Waals surface area contributed by atoms with Crippen molar-refractivity contribution in [2.24, 2.45) is 0 Å². The largest absolute Gasteiger partial charge is 0.456 e. The molecule has 0 bridgehead atoms. The Hall–Kier alpha value is -2.78. The molecule has 0 aromatic heterocycles. The van der Waals surface area contributed by atoms with Crippen molar-refractivity contribution < 1.29 is 27.1 Å². The van der Waals surface area contributed by atoms with E-state index in [4.69, 9.17) is 4.74 Å². The fourth-order valence-corrected chi connectivity index (χ4v) is 4.00. The molecule has 0 spiro atoms. The van der Waals surface area contributed by atoms with Gasteiger partial charge >= 0.3 is 5.97 Å². The first-order chi connectivity index (χ1) is 14.8. The van der Waals surface area contributed by atoms with Gasteiger partial charge in [-0.25, -0.2) is 17.1 Å². The van der Waals surface area contributed by atoms with Crippen LogP contribution >= 0.6 is 0 Å². The number of sulfonamides is 1. The number of benzene rings is 2. The summed E-state index contributed by atoms with van der Waals surface area (Å²) in [6.45, 7) is 0.200. The lowest BCUT2D eigenvalue weighted by Gasteiger charge is -2.17. The zero-order valence-corrected chi connectivity index (χ0v) is 18.2. The molecule has 168 valence electrons. The van der Waals surface area contributed by atoms with Gasteiger partial charge in [0.15, 0.2) is 6.61 Å². The highest BCUT2D eigenvalue weighted by atomic mass is 32.2. The normalized spacial score (nSPS) is 11.3. The van der Waals surface area contributed by atoms with Gasteiger partial charge in [-0.2, -0.15) is 0 Å². The highest BCUT2D eigenvalue weighted by Crippen LogP contribution is 2.15. The van der Waals surface area contributed by atoms with Gasteiger partial charge in [0.05, 0.1) is 4.90 Å². The predicted octanol–water partition coefficient (Wildman–Crippen LogP) is 2.52. The third-order valence-corrected chi connectivity index (χ3v) is 6.42. The number of amides is 1. The summed E-state index contributed by atoms with van der Waals surface area (Å²) in [6, 6.07) is 14.4. The number of rotatable bonds is 12. The molecule has 1 N–H and O–H groups in total. The number of esters is 1. The van der Waals surface area contributed by atoms with Gasteiger partial charge in [-0.3, -0.25) is 9.59 Å². The van der Waals surface area contributed by atoms with E-state index in [9.17, 15) is 22.4 Å². The maximum Gasteiger partial charge on any atom is 0.306 e. The van der Waals surface area contributed by atoms with Crippen LogP contribution in [0.2, 0.25) is 0 Å². The van der Waals surface area contributed by atoms with Gasteiger partial charge in [0.2, 0.25) is 10.0 Å². The zero-order chi connectivity index (χ0) is 22.7. The number of ether oxygens (including phenoxy) is 1. The lowest BCUT2D eigenvalue weighted by atomic mass is 10.1. The van der Waals surface area contributed by atoms with Gasteiger partial charge in [-0.15, -0.1) is 0 Å². The van der Waals surface area contributed by atoms with Crippen molar-refractivity contribution in [2.45, 2.75) is 30.6 Å². The van der Waals surface area contributed by atoms with Gasteiger partial charge in [0, 0.05) is 26.6 Å². The smallest absolute Gasteiger partial charge is 0.306 e. The average molecular weight is 451 g/mol. The second-order valence-electron chi connectivity index (χ2n) is 6.98. The zero-order valence-electron chi connectivity index (χ0n) is 17.4. The molecule has 1 amide bonds. The molecular formula is C22H27FN2O5S. The fourth-order valence-electron chi connectivity index (χ4n) is 2.79. The second kappa shape index (κ2) is 12.2. The Balaban J connectivity index is 1.60. The van der Waals surface area contributed by atoms with Crippen LogP contribution in [0.25, 0.3) is 0 Å². The summed E-state index contributed by atoms with van der Waals surface area (Å²) < 4.78 is 43.7. The van der Waals surface area contributed by atoms with E-state index in [1.807, 2.05) is 30.3 Å². The Morgan fingerprint density at radius 2 is 1.71 bits per heavy atom. The van der Waals surface area contributed by atoms with E-state index in [0.29, 0.717) is 6.54 Å². The van der Waals surface area contributed by atoms with Crippen LogP contribution in [0.1, 0.15) is 24.8 Å². The van der Waals surface area contributed by atoms with Crippen LogP contribution in [-0.4, -0.2) is 51.3 Å². The summed E-state index contributed by atoms with van der Waals surface area (Å²) in [7, 11) is -2.38. The first kappa shape index (κ1) is 24.5. The molecule has 0 aliphatic carbocycles. The van der Waals surface area contributed by atoms with Crippen molar-refractivity contribution in [1.29, 1.82) is 0 Å². The van der Waals surface area contributed by atoms with E-state index in [-0.39, 0.29) is 36.8 Å². The molecule has 0 aliphatic heterocycles. The van der Waals surface area contributed by atoms with Crippen LogP contribution in [0.4, 0.5) is 4.39 Å². The molecule has 0 heterocycles. The number of carbonyl (C=O) groups excluding carboxylic acids is 2. The van der Waals surface area contributed by atoms with Crippen molar-refractivity contribution in [3.8, 4) is 0 Å². The molecule has 0 aliphatic rings. The van der Waals surface area contributed by atoms with Gasteiger partial charge in [0.1, 0.15) is 5.82 Å². The topological polar surface area (TPSA) is 92.8 Å². The maximum atomic E-state index is 13.0. The van der Waals surface area contributed by atoms with Gasteiger partial charge in [-0.05, 0) is 49.1 Å². The quantitative estimate of drug-likeness (QED) is 0.396. The molecule has 2 aromatic carbocycles. The molecule has 0 unspecified atom stereocenters. The molecular weight excluding hydrogens is 423 g/mol. The molecule has 7 nitrogen and oxygen atoms in total. The SMILES string of the molecule is CN(CCCC(=O)OCC(=O)NCCCc1ccccc1)S(=O)(=O)c1ccc(F)cc1. The standard InChI is InChI=1S/C22H27FN2O5S/c1-25(31(28,29)20-13-11-19(23)12-14-20)16-6-10-22(27)30-17-21(26)24-15-5-9-18-7-3-2-4-8-18/h2-4,7-8,11-14H,5-6,9-10,15-17H2,1H3,(H,24,26). The predicted molar refractivity (Wildman–Crippen MR) is 114 cm³/mol. The molecule has 9 heteroatoms. The van der Waals surface area contributed by atoms with E-state index in [0.717, 1.165) is 29.3 Å². The Morgan fingerprint density at radius 3 is 2.39 bits per heavy atom. The third-order valence-electron chi connectivity index (χ3n) is 4.55. The molecule has 0 saturated carbocycles. The second-order valence-corrected chi connectivity index (χ2v) is 9.03. The first-order valence-corrected chi connectivity index (χ1v) is 11.4. The van der Waals surface area contributed by atoms with Crippen LogP contribution < -0.4 is 5.32 Å². The number of halogens is 1. The van der Waals surface area contributed by atoms with Crippen LogP contribution in [0.15, 0.2) is 59.5 Å². The molecule has 0 radical (unpaired) electrons. The van der Waals surface area contributed by atoms with E-state index in [1.54, 1.807) is 0 Å². The average Bonchev–Trinajstić information content (AvgIpc) is 2.76. The highest BCUT2D eigenvalue weighted by molar-refractivity contribution is 7.89. The summed E-state index contributed by atoms with van der Waals surface area (Å²) in [4.78, 5) is 23.5. The van der Waals surface area contributed by atoms with Gasteiger partial charge in [-0.1, -0.05) is 30.3 Å². The number of aryl methyl sites for hydroxylation is 1. The Labute approximate surface area is 182 Å². The number of nitrogens with one attached hydrogen (secondary N) is 1. The first-order valence-electron chi connectivity index (χ1n) is 9.97. The number of carbonyl (C=O) groups is 2. The maximum absolute atomic E-state index is 13.0. The van der Waals surface area contributed by atoms with Crippen molar-refractivity contribution in [2.75, 3.05) is 26.7 Å². The summed E-state index contributed by atoms with van der Waals surface area (Å²) >= 11 is 0. The van der Waals surface area contributed by atoms with Crippen molar-refractivity contribution in [3.63, 3.8) is 0 Å². The molecule has 2 aromatic rings. The minimum Gasteiger partial charge on any atom is -0.456 e. The number of nitrogens with zero attached hydrogens (tertiary/aromatic N) is 1. The van der Waals surface area contributed by atoms with Gasteiger partial charge in [0.25, 0.3) is 5.91 Å². The monoisotopic (exact) mass is 450 g/mol. The Bertz CT molecular complexity index is 950. The lowest BCUT2D eigenvalue weighted by molar-refractivity contribution is -0.148. The lowest BCUT2D eigenvalue weighted by Crippen LogP contribution is -2.30. The van der Waals surface area contributed by atoms with Crippen LogP contribution in [0, 0.1) is 5.82 Å². The summed E-state index contributed by atoms with van der Waals surface area (Å²) in [5.41, 5.74) is 1.19. The molecule has 0 saturated heterocycles. The summed E-state index contributed by atoms with van der Waals surface area (Å²) in [6.07, 6.45) is 1.83. The Morgan fingerprint density at radius 1 is 1.03 bits per heavy atom. The van der Waals surface area contributed by atoms with E-state index in [1.165, 1.54) is 24.7 Å². The fraction of sp³-hybridized carbons (Fsp3) is 0.364. The van der Waals surface area contributed by atoms with Crippen LogP contribution in [0.3, 0.4) is 0 Å². The minimum absolute atomic E-state index is 0.0232. The van der Waals surface area contributed by atoms with E-state index >= 15 is 0 Å². The Kier molecular flexibility index (Phi) is 9.61. The summed E-state index contributed by atoms with van der Waals surface area (Å²) in [5, 5.41) is 2.69. The van der Waals surface area contributed by atoms with E-state index in [2.05, 4.69) is 5.32 Å². The van der Waals surface area contributed by atoms with Crippen molar-refractivity contribution in [3.05, 3.63) is 66.0 Å². The number of hydrogen-bond donors (Lipinski definition) is 1. The van der Waals surface area contributed by atoms with E-state index < -0.39 is 21.8 Å². The van der Waals surface area contributed by atoms with Gasteiger partial charge < -0.3 is 10.1 Å². The molecule has 2 rings (SSSR count). The highest BCUT2D eigenvalue weighted by Gasteiger charge is 2.20. The minimum atomic E-state index is -3.76. The molecule has 31 heavy (non-hydrogen) atoms. The van der Waals surface area contributed by atoms with Crippen molar-refractivity contribution >= 4 is 21.9 Å². The van der Waals surface area contributed by atoms with Crippen molar-refractivity contribution in [1.82, 2.24) is 9.62 Å². The summed E-state index contributed by atoms with van der Waals surface area (Å²) in [5.74, 6) is -1.48.